The molecule has 0 fully saturated rings. The van der Waals surface area contributed by atoms with Crippen molar-refractivity contribution in [3.8, 4) is 0 Å². The van der Waals surface area contributed by atoms with Crippen molar-refractivity contribution in [2.75, 3.05) is 5.32 Å². The molecule has 0 heterocycles. The van der Waals surface area contributed by atoms with Crippen LogP contribution < -0.4 is 5.32 Å². The van der Waals surface area contributed by atoms with Crippen molar-refractivity contribution in [2.24, 2.45) is 4.99 Å². The van der Waals surface area contributed by atoms with E-state index in [0.717, 1.165) is 29.9 Å². The third-order valence-electron chi connectivity index (χ3n) is 6.28. The normalized spacial score (nSPS) is 12.9. The summed E-state index contributed by atoms with van der Waals surface area (Å²) in [6.45, 7) is 24.2. The standard InChI is InChI=1S/C32H46N2/c1-11-12-15-26(34-32-29(23(6)7)18-14-19-30(32)24(8)9)20-25(10)33-31-27(21(2)3)16-13-17-28(31)22(4)5/h11,13-14,16-24,33H,1,12,15H2,2-10H3/b25-20+,34-26?. The van der Waals surface area contributed by atoms with Crippen LogP contribution >= 0.6 is 0 Å². The van der Waals surface area contributed by atoms with Gasteiger partial charge in [-0.15, -0.1) is 6.58 Å². The lowest BCUT2D eigenvalue weighted by Gasteiger charge is -2.21. The van der Waals surface area contributed by atoms with E-state index in [2.05, 4.69) is 117 Å². The summed E-state index contributed by atoms with van der Waals surface area (Å²) < 4.78 is 0. The van der Waals surface area contributed by atoms with Gasteiger partial charge in [-0.3, -0.25) is 4.99 Å². The van der Waals surface area contributed by atoms with Gasteiger partial charge in [-0.1, -0.05) is 97.9 Å². The number of para-hydroxylation sites is 2. The van der Waals surface area contributed by atoms with Crippen LogP contribution in [0.2, 0.25) is 0 Å². The van der Waals surface area contributed by atoms with Gasteiger partial charge in [0.1, 0.15) is 0 Å². The molecule has 0 aliphatic rings. The molecule has 184 valence electrons. The van der Waals surface area contributed by atoms with Crippen LogP contribution in [0.15, 0.2) is 65.8 Å². The number of hydrogen-bond donors (Lipinski definition) is 1. The molecular formula is C32H46N2. The van der Waals surface area contributed by atoms with Crippen LogP contribution in [0.4, 0.5) is 11.4 Å². The third-order valence-corrected chi connectivity index (χ3v) is 6.28. The number of nitrogens with one attached hydrogen (secondary N) is 1. The maximum Gasteiger partial charge on any atom is 0.0702 e. The van der Waals surface area contributed by atoms with Crippen LogP contribution in [0.1, 0.15) is 121 Å². The molecule has 0 unspecified atom stereocenters. The first-order chi connectivity index (χ1) is 16.1. The van der Waals surface area contributed by atoms with Gasteiger partial charge in [0.15, 0.2) is 0 Å². The molecule has 0 saturated carbocycles. The van der Waals surface area contributed by atoms with E-state index in [1.165, 1.54) is 27.9 Å². The van der Waals surface area contributed by atoms with Crippen molar-refractivity contribution in [3.63, 3.8) is 0 Å². The predicted molar refractivity (Wildman–Crippen MR) is 153 cm³/mol. The van der Waals surface area contributed by atoms with E-state index >= 15 is 0 Å². The molecule has 0 atom stereocenters. The Morgan fingerprint density at radius 3 is 1.65 bits per heavy atom. The molecule has 1 N–H and O–H groups in total. The zero-order chi connectivity index (χ0) is 25.4. The van der Waals surface area contributed by atoms with Crippen LogP contribution in [0.25, 0.3) is 0 Å². The fraction of sp³-hybridized carbons (Fsp3) is 0.469. The average Bonchev–Trinajstić information content (AvgIpc) is 2.76. The van der Waals surface area contributed by atoms with Gasteiger partial charge in [-0.25, -0.2) is 0 Å². The highest BCUT2D eigenvalue weighted by Gasteiger charge is 2.16. The van der Waals surface area contributed by atoms with Gasteiger partial charge in [-0.05, 0) is 71.8 Å². The van der Waals surface area contributed by atoms with Crippen LogP contribution in [-0.4, -0.2) is 5.71 Å². The summed E-state index contributed by atoms with van der Waals surface area (Å²) in [5, 5.41) is 3.76. The molecular weight excluding hydrogens is 412 g/mol. The summed E-state index contributed by atoms with van der Waals surface area (Å²) in [5.74, 6) is 1.75. The highest BCUT2D eigenvalue weighted by molar-refractivity contribution is 5.98. The molecule has 0 aliphatic carbocycles. The Balaban J connectivity index is 2.59. The van der Waals surface area contributed by atoms with E-state index < -0.39 is 0 Å². The first kappa shape index (κ1) is 27.6. The van der Waals surface area contributed by atoms with Crippen molar-refractivity contribution in [1.82, 2.24) is 0 Å². The van der Waals surface area contributed by atoms with E-state index in [1.807, 2.05) is 6.08 Å². The Labute approximate surface area is 209 Å². The molecule has 0 spiro atoms. The van der Waals surface area contributed by atoms with Crippen LogP contribution in [0, 0.1) is 0 Å². The van der Waals surface area contributed by atoms with Gasteiger partial charge in [0.25, 0.3) is 0 Å². The van der Waals surface area contributed by atoms with Crippen molar-refractivity contribution in [1.29, 1.82) is 0 Å². The molecule has 2 nitrogen and oxygen atoms in total. The van der Waals surface area contributed by atoms with Crippen LogP contribution in [0.3, 0.4) is 0 Å². The molecule has 0 amide bonds. The van der Waals surface area contributed by atoms with Crippen molar-refractivity contribution < 1.29 is 0 Å². The number of rotatable bonds is 11. The Morgan fingerprint density at radius 2 is 1.24 bits per heavy atom. The van der Waals surface area contributed by atoms with Crippen LogP contribution in [0.5, 0.6) is 0 Å². The van der Waals surface area contributed by atoms with E-state index in [1.54, 1.807) is 0 Å². The fourth-order valence-corrected chi connectivity index (χ4v) is 4.37. The quantitative estimate of drug-likeness (QED) is 0.263. The highest BCUT2D eigenvalue weighted by Crippen LogP contribution is 2.36. The predicted octanol–water partition coefficient (Wildman–Crippen LogP) is 10.2. The highest BCUT2D eigenvalue weighted by atomic mass is 14.9. The maximum atomic E-state index is 5.29. The third kappa shape index (κ3) is 7.19. The Bertz CT molecular complexity index is 967. The SMILES string of the molecule is C=CCCC(/C=C(\C)Nc1c(C(C)C)cccc1C(C)C)=Nc1c(C(C)C)cccc1C(C)C. The van der Waals surface area contributed by atoms with Crippen molar-refractivity contribution in [3.05, 3.63) is 83.1 Å². The lowest BCUT2D eigenvalue weighted by atomic mass is 9.92. The second-order valence-electron chi connectivity index (χ2n) is 10.6. The van der Waals surface area contributed by atoms with Crippen molar-refractivity contribution in [2.45, 2.75) is 98.8 Å². The molecule has 0 aromatic heterocycles. The molecule has 0 bridgehead atoms. The molecule has 0 radical (unpaired) electrons. The van der Waals surface area contributed by atoms with Gasteiger partial charge < -0.3 is 5.32 Å². The minimum Gasteiger partial charge on any atom is -0.359 e. The number of hydrogen-bond acceptors (Lipinski definition) is 2. The number of anilines is 1. The first-order valence-corrected chi connectivity index (χ1v) is 13.0. The minimum absolute atomic E-state index is 0.424. The number of aliphatic imine (C=N–C) groups is 1. The Morgan fingerprint density at radius 1 is 0.794 bits per heavy atom. The molecule has 2 aromatic carbocycles. The summed E-state index contributed by atoms with van der Waals surface area (Å²) in [5.41, 5.74) is 9.93. The monoisotopic (exact) mass is 458 g/mol. The van der Waals surface area contributed by atoms with Crippen molar-refractivity contribution >= 4 is 17.1 Å². The first-order valence-electron chi connectivity index (χ1n) is 13.0. The summed E-state index contributed by atoms with van der Waals surface area (Å²) >= 11 is 0. The maximum absolute atomic E-state index is 5.29. The minimum atomic E-state index is 0.424. The largest absolute Gasteiger partial charge is 0.359 e. The Hall–Kier alpha value is -2.61. The van der Waals surface area contributed by atoms with Gasteiger partial charge in [0.05, 0.1) is 5.69 Å². The molecule has 0 aliphatic heterocycles. The van der Waals surface area contributed by atoms with Gasteiger partial charge in [-0.2, -0.15) is 0 Å². The summed E-state index contributed by atoms with van der Waals surface area (Å²) in [6.07, 6.45) is 5.99. The lowest BCUT2D eigenvalue weighted by Crippen LogP contribution is -2.08. The summed E-state index contributed by atoms with van der Waals surface area (Å²) in [6, 6.07) is 13.3. The van der Waals surface area contributed by atoms with Gasteiger partial charge in [0, 0.05) is 17.1 Å². The Kier molecular flexibility index (Phi) is 10.4. The number of benzene rings is 2. The topological polar surface area (TPSA) is 24.4 Å². The molecule has 2 aromatic rings. The average molecular weight is 459 g/mol. The number of allylic oxidation sites excluding steroid dienone is 3. The van der Waals surface area contributed by atoms with Gasteiger partial charge >= 0.3 is 0 Å². The fourth-order valence-electron chi connectivity index (χ4n) is 4.37. The van der Waals surface area contributed by atoms with E-state index in [4.69, 9.17) is 4.99 Å². The lowest BCUT2D eigenvalue weighted by molar-refractivity contribution is 0.834. The second kappa shape index (κ2) is 12.7. The smallest absolute Gasteiger partial charge is 0.0702 e. The molecule has 2 rings (SSSR count). The second-order valence-corrected chi connectivity index (χ2v) is 10.6. The summed E-state index contributed by atoms with van der Waals surface area (Å²) in [4.78, 5) is 5.29. The summed E-state index contributed by atoms with van der Waals surface area (Å²) in [7, 11) is 0. The van der Waals surface area contributed by atoms with E-state index in [-0.39, 0.29) is 0 Å². The number of nitrogens with zero attached hydrogens (tertiary/aromatic N) is 1. The molecule has 2 heteroatoms. The van der Waals surface area contributed by atoms with Crippen LogP contribution in [-0.2, 0) is 0 Å². The van der Waals surface area contributed by atoms with E-state index in [0.29, 0.717) is 23.7 Å². The van der Waals surface area contributed by atoms with Gasteiger partial charge in [0.2, 0.25) is 0 Å². The molecule has 34 heavy (non-hydrogen) atoms. The zero-order valence-corrected chi connectivity index (χ0v) is 23.0. The molecule has 0 saturated heterocycles. The van der Waals surface area contributed by atoms with E-state index in [9.17, 15) is 0 Å². The zero-order valence-electron chi connectivity index (χ0n) is 23.0.